The average molecular weight is 243 g/mol. The first kappa shape index (κ1) is 16.4. The first-order chi connectivity index (χ1) is 7.72. The molecule has 0 heterocycles. The van der Waals surface area contributed by atoms with Crippen molar-refractivity contribution in [3.05, 3.63) is 0 Å². The largest absolute Gasteiger partial charge is 0.388 e. The highest BCUT2D eigenvalue weighted by molar-refractivity contribution is 5.76. The topological polar surface area (TPSA) is 49.3 Å². The summed E-state index contributed by atoms with van der Waals surface area (Å²) in [6.07, 6.45) is 3.87. The molecule has 0 atom stereocenters. The molecule has 0 saturated carbocycles. The van der Waals surface area contributed by atoms with Gasteiger partial charge in [0.1, 0.15) is 0 Å². The summed E-state index contributed by atoms with van der Waals surface area (Å²) in [5.41, 5.74) is -0.727. The summed E-state index contributed by atoms with van der Waals surface area (Å²) in [6, 6.07) is 0. The van der Waals surface area contributed by atoms with Crippen molar-refractivity contribution in [2.24, 2.45) is 5.41 Å². The number of hydrogen-bond donors (Lipinski definition) is 2. The SMILES string of the molecule is CCCC(O)(CCC)CNC(=O)CC(C)(C)C. The van der Waals surface area contributed by atoms with Gasteiger partial charge in [0.25, 0.3) is 0 Å². The summed E-state index contributed by atoms with van der Waals surface area (Å²) >= 11 is 0. The molecule has 0 fully saturated rings. The van der Waals surface area contributed by atoms with Gasteiger partial charge in [-0.25, -0.2) is 0 Å². The summed E-state index contributed by atoms with van der Waals surface area (Å²) in [5, 5.41) is 13.2. The summed E-state index contributed by atoms with van der Waals surface area (Å²) in [7, 11) is 0. The van der Waals surface area contributed by atoms with Crippen LogP contribution in [0.1, 0.15) is 66.7 Å². The second kappa shape index (κ2) is 7.00. The van der Waals surface area contributed by atoms with Crippen LogP contribution in [0, 0.1) is 5.41 Å². The molecule has 3 heteroatoms. The van der Waals surface area contributed by atoms with Crippen molar-refractivity contribution >= 4 is 5.91 Å². The lowest BCUT2D eigenvalue weighted by Crippen LogP contribution is -2.43. The van der Waals surface area contributed by atoms with Gasteiger partial charge in [-0.1, -0.05) is 47.5 Å². The van der Waals surface area contributed by atoms with Crippen molar-refractivity contribution in [3.8, 4) is 0 Å². The summed E-state index contributed by atoms with van der Waals surface area (Å²) < 4.78 is 0. The van der Waals surface area contributed by atoms with Crippen molar-refractivity contribution in [3.63, 3.8) is 0 Å². The quantitative estimate of drug-likeness (QED) is 0.722. The van der Waals surface area contributed by atoms with Gasteiger partial charge in [-0.3, -0.25) is 4.79 Å². The van der Waals surface area contributed by atoms with Gasteiger partial charge in [-0.15, -0.1) is 0 Å². The molecule has 0 radical (unpaired) electrons. The van der Waals surface area contributed by atoms with E-state index in [9.17, 15) is 9.90 Å². The van der Waals surface area contributed by atoms with Crippen molar-refractivity contribution < 1.29 is 9.90 Å². The zero-order valence-electron chi connectivity index (χ0n) is 12.1. The Balaban J connectivity index is 4.17. The van der Waals surface area contributed by atoms with Gasteiger partial charge in [0.2, 0.25) is 5.91 Å². The normalized spacial score (nSPS) is 12.6. The zero-order valence-corrected chi connectivity index (χ0v) is 12.1. The van der Waals surface area contributed by atoms with Crippen LogP contribution in [-0.4, -0.2) is 23.2 Å². The Hall–Kier alpha value is -0.570. The molecule has 102 valence electrons. The van der Waals surface area contributed by atoms with Gasteiger partial charge in [-0.05, 0) is 18.3 Å². The molecule has 3 nitrogen and oxygen atoms in total. The van der Waals surface area contributed by atoms with E-state index in [4.69, 9.17) is 0 Å². The molecule has 1 amide bonds. The highest BCUT2D eigenvalue weighted by Crippen LogP contribution is 2.20. The maximum atomic E-state index is 11.7. The lowest BCUT2D eigenvalue weighted by molar-refractivity contribution is -0.124. The molecular formula is C14H29NO2. The predicted molar refractivity (Wildman–Crippen MR) is 71.8 cm³/mol. The van der Waals surface area contributed by atoms with Gasteiger partial charge in [0.15, 0.2) is 0 Å². The molecule has 17 heavy (non-hydrogen) atoms. The molecule has 0 unspecified atom stereocenters. The Morgan fingerprint density at radius 1 is 1.12 bits per heavy atom. The number of carbonyl (C=O) groups is 1. The van der Waals surface area contributed by atoms with E-state index in [-0.39, 0.29) is 11.3 Å². The number of carbonyl (C=O) groups excluding carboxylic acids is 1. The van der Waals surface area contributed by atoms with E-state index in [0.29, 0.717) is 13.0 Å². The standard InChI is InChI=1S/C14H29NO2/c1-6-8-14(17,9-7-2)11-15-12(16)10-13(3,4)5/h17H,6-11H2,1-5H3,(H,15,16). The third kappa shape index (κ3) is 8.19. The van der Waals surface area contributed by atoms with Crippen molar-refractivity contribution in [2.45, 2.75) is 72.3 Å². The number of rotatable bonds is 7. The summed E-state index contributed by atoms with van der Waals surface area (Å²) in [5.74, 6) is 0.0307. The maximum Gasteiger partial charge on any atom is 0.220 e. The molecular weight excluding hydrogens is 214 g/mol. The second-order valence-corrected chi connectivity index (χ2v) is 6.24. The molecule has 0 aromatic heterocycles. The van der Waals surface area contributed by atoms with E-state index >= 15 is 0 Å². The number of hydrogen-bond acceptors (Lipinski definition) is 2. The fourth-order valence-corrected chi connectivity index (χ4v) is 2.04. The Morgan fingerprint density at radius 3 is 1.94 bits per heavy atom. The van der Waals surface area contributed by atoms with E-state index < -0.39 is 5.60 Å². The van der Waals surface area contributed by atoms with Crippen molar-refractivity contribution in [2.75, 3.05) is 6.54 Å². The molecule has 0 saturated heterocycles. The van der Waals surface area contributed by atoms with Crippen molar-refractivity contribution in [1.82, 2.24) is 5.32 Å². The summed E-state index contributed by atoms with van der Waals surface area (Å²) in [6.45, 7) is 10.6. The van der Waals surface area contributed by atoms with Crippen LogP contribution in [0.4, 0.5) is 0 Å². The minimum atomic E-state index is -0.725. The predicted octanol–water partition coefficient (Wildman–Crippen LogP) is 2.87. The van der Waals surface area contributed by atoms with E-state index in [0.717, 1.165) is 25.7 Å². The average Bonchev–Trinajstić information content (AvgIpc) is 2.13. The molecule has 0 aromatic rings. The number of aliphatic hydroxyl groups is 1. The van der Waals surface area contributed by atoms with Crippen LogP contribution < -0.4 is 5.32 Å². The molecule has 0 rings (SSSR count). The first-order valence-electron chi connectivity index (χ1n) is 6.71. The van der Waals surface area contributed by atoms with Crippen LogP contribution >= 0.6 is 0 Å². The van der Waals surface area contributed by atoms with Gasteiger partial charge in [-0.2, -0.15) is 0 Å². The molecule has 0 aliphatic heterocycles. The highest BCUT2D eigenvalue weighted by Gasteiger charge is 2.26. The van der Waals surface area contributed by atoms with Gasteiger partial charge < -0.3 is 10.4 Å². The maximum absolute atomic E-state index is 11.7. The molecule has 2 N–H and O–H groups in total. The molecule has 0 aliphatic carbocycles. The van der Waals surface area contributed by atoms with Crippen molar-refractivity contribution in [1.29, 1.82) is 0 Å². The zero-order chi connectivity index (χ0) is 13.5. The minimum absolute atomic E-state index is 0.00227. The van der Waals surface area contributed by atoms with Gasteiger partial charge in [0.05, 0.1) is 5.60 Å². The lowest BCUT2D eigenvalue weighted by Gasteiger charge is -2.28. The van der Waals surface area contributed by atoms with Gasteiger partial charge in [0, 0.05) is 13.0 Å². The Kier molecular flexibility index (Phi) is 6.76. The molecule has 0 spiro atoms. The minimum Gasteiger partial charge on any atom is -0.388 e. The van der Waals surface area contributed by atoms with Crippen LogP contribution in [0.2, 0.25) is 0 Å². The van der Waals surface area contributed by atoms with Crippen LogP contribution in [0.5, 0.6) is 0 Å². The number of nitrogens with one attached hydrogen (secondary N) is 1. The van der Waals surface area contributed by atoms with E-state index in [1.165, 1.54) is 0 Å². The van der Waals surface area contributed by atoms with Crippen LogP contribution in [0.3, 0.4) is 0 Å². The first-order valence-corrected chi connectivity index (χ1v) is 6.71. The van der Waals surface area contributed by atoms with E-state index in [2.05, 4.69) is 19.2 Å². The fourth-order valence-electron chi connectivity index (χ4n) is 2.04. The number of amides is 1. The second-order valence-electron chi connectivity index (χ2n) is 6.24. The van der Waals surface area contributed by atoms with E-state index in [1.807, 2.05) is 20.8 Å². The van der Waals surface area contributed by atoms with Crippen LogP contribution in [0.15, 0.2) is 0 Å². The smallest absolute Gasteiger partial charge is 0.220 e. The Bertz CT molecular complexity index is 225. The lowest BCUT2D eigenvalue weighted by atomic mass is 9.90. The van der Waals surface area contributed by atoms with Crippen LogP contribution in [0.25, 0.3) is 0 Å². The Morgan fingerprint density at radius 2 is 1.59 bits per heavy atom. The molecule has 0 aromatic carbocycles. The monoisotopic (exact) mass is 243 g/mol. The molecule has 0 aliphatic rings. The Labute approximate surface area is 106 Å². The van der Waals surface area contributed by atoms with E-state index in [1.54, 1.807) is 0 Å². The van der Waals surface area contributed by atoms with Gasteiger partial charge >= 0.3 is 0 Å². The summed E-state index contributed by atoms with van der Waals surface area (Å²) in [4.78, 5) is 11.7. The van der Waals surface area contributed by atoms with Crippen LogP contribution in [-0.2, 0) is 4.79 Å². The highest BCUT2D eigenvalue weighted by atomic mass is 16.3. The fraction of sp³-hybridized carbons (Fsp3) is 0.929. The molecule has 0 bridgehead atoms. The third-order valence-corrected chi connectivity index (χ3v) is 2.74. The third-order valence-electron chi connectivity index (χ3n) is 2.74.